The average molecular weight is 357 g/mol. The Morgan fingerprint density at radius 1 is 1.00 bits per heavy atom. The standard InChI is InChI=1S/C22H32N2O2/c1-16(25)24-13-7-10-20(24)21(26)23-14-11-17(12-15-23)18-8-5-6-9-19(18)22(2,3)4/h5-6,8-9,17,20H,7,10-15H2,1-4H3/t20-/m0/s1. The van der Waals surface area contributed by atoms with E-state index in [1.165, 1.54) is 11.1 Å². The molecule has 1 aromatic rings. The summed E-state index contributed by atoms with van der Waals surface area (Å²) in [6.45, 7) is 10.7. The van der Waals surface area contributed by atoms with Gasteiger partial charge < -0.3 is 9.80 Å². The zero-order chi connectivity index (χ0) is 18.9. The van der Waals surface area contributed by atoms with Crippen LogP contribution in [0.3, 0.4) is 0 Å². The molecule has 1 aromatic carbocycles. The van der Waals surface area contributed by atoms with E-state index in [4.69, 9.17) is 0 Å². The molecule has 0 unspecified atom stereocenters. The van der Waals surface area contributed by atoms with E-state index in [1.54, 1.807) is 11.8 Å². The molecule has 0 aliphatic carbocycles. The molecule has 0 aromatic heterocycles. The van der Waals surface area contributed by atoms with Crippen LogP contribution in [-0.2, 0) is 15.0 Å². The molecular formula is C22H32N2O2. The van der Waals surface area contributed by atoms with Gasteiger partial charge in [0.1, 0.15) is 6.04 Å². The second-order valence-electron chi connectivity index (χ2n) is 8.81. The molecule has 0 spiro atoms. The highest BCUT2D eigenvalue weighted by molar-refractivity contribution is 5.87. The third kappa shape index (κ3) is 3.79. The van der Waals surface area contributed by atoms with E-state index in [1.807, 2.05) is 4.90 Å². The normalized spacial score (nSPS) is 21.9. The van der Waals surface area contributed by atoms with Crippen LogP contribution in [-0.4, -0.2) is 47.3 Å². The van der Waals surface area contributed by atoms with E-state index in [2.05, 4.69) is 45.0 Å². The van der Waals surface area contributed by atoms with Gasteiger partial charge in [0.15, 0.2) is 0 Å². The van der Waals surface area contributed by atoms with Crippen molar-refractivity contribution in [3.63, 3.8) is 0 Å². The lowest BCUT2D eigenvalue weighted by Gasteiger charge is -2.37. The van der Waals surface area contributed by atoms with Crippen LogP contribution in [0.4, 0.5) is 0 Å². The summed E-state index contributed by atoms with van der Waals surface area (Å²) in [5.41, 5.74) is 3.00. The Morgan fingerprint density at radius 2 is 1.65 bits per heavy atom. The first-order valence-electron chi connectivity index (χ1n) is 9.94. The predicted octanol–water partition coefficient (Wildman–Crippen LogP) is 3.70. The predicted molar refractivity (Wildman–Crippen MR) is 104 cm³/mol. The molecule has 4 heteroatoms. The molecule has 142 valence electrons. The molecule has 3 rings (SSSR count). The van der Waals surface area contributed by atoms with Gasteiger partial charge in [-0.1, -0.05) is 45.0 Å². The molecule has 2 saturated heterocycles. The number of carbonyl (C=O) groups excluding carboxylic acids is 2. The van der Waals surface area contributed by atoms with Gasteiger partial charge in [-0.05, 0) is 48.1 Å². The number of hydrogen-bond acceptors (Lipinski definition) is 2. The van der Waals surface area contributed by atoms with Crippen molar-refractivity contribution >= 4 is 11.8 Å². The first-order valence-corrected chi connectivity index (χ1v) is 9.94. The minimum atomic E-state index is -0.231. The largest absolute Gasteiger partial charge is 0.341 e. The van der Waals surface area contributed by atoms with E-state index in [0.29, 0.717) is 5.92 Å². The minimum Gasteiger partial charge on any atom is -0.341 e. The zero-order valence-corrected chi connectivity index (χ0v) is 16.6. The van der Waals surface area contributed by atoms with Gasteiger partial charge in [0.05, 0.1) is 0 Å². The number of carbonyl (C=O) groups is 2. The lowest BCUT2D eigenvalue weighted by Crippen LogP contribution is -2.49. The molecule has 2 fully saturated rings. The van der Waals surface area contributed by atoms with Gasteiger partial charge in [0.25, 0.3) is 0 Å². The van der Waals surface area contributed by atoms with Gasteiger partial charge in [0.2, 0.25) is 11.8 Å². The first kappa shape index (κ1) is 18.9. The zero-order valence-electron chi connectivity index (χ0n) is 16.6. The Balaban J connectivity index is 1.67. The van der Waals surface area contributed by atoms with Crippen molar-refractivity contribution < 1.29 is 9.59 Å². The number of nitrogens with zero attached hydrogens (tertiary/aromatic N) is 2. The van der Waals surface area contributed by atoms with Crippen molar-refractivity contribution in [2.24, 2.45) is 0 Å². The van der Waals surface area contributed by atoms with E-state index in [0.717, 1.165) is 45.3 Å². The highest BCUT2D eigenvalue weighted by Gasteiger charge is 2.36. The molecule has 0 radical (unpaired) electrons. The van der Waals surface area contributed by atoms with Gasteiger partial charge in [-0.2, -0.15) is 0 Å². The fraction of sp³-hybridized carbons (Fsp3) is 0.636. The third-order valence-corrected chi connectivity index (χ3v) is 5.96. The summed E-state index contributed by atoms with van der Waals surface area (Å²) in [7, 11) is 0. The Kier molecular flexibility index (Phi) is 5.40. The summed E-state index contributed by atoms with van der Waals surface area (Å²) in [5.74, 6) is 0.692. The summed E-state index contributed by atoms with van der Waals surface area (Å²) in [6, 6.07) is 8.53. The Bertz CT molecular complexity index is 669. The minimum absolute atomic E-state index is 0.0230. The Morgan fingerprint density at radius 3 is 2.27 bits per heavy atom. The second kappa shape index (κ2) is 7.42. The summed E-state index contributed by atoms with van der Waals surface area (Å²) >= 11 is 0. The Labute approximate surface area is 157 Å². The van der Waals surface area contributed by atoms with E-state index in [-0.39, 0.29) is 23.3 Å². The van der Waals surface area contributed by atoms with Gasteiger partial charge in [-0.15, -0.1) is 0 Å². The smallest absolute Gasteiger partial charge is 0.245 e. The lowest BCUT2D eigenvalue weighted by atomic mass is 9.77. The molecule has 2 amide bonds. The summed E-state index contributed by atoms with van der Waals surface area (Å²) < 4.78 is 0. The molecule has 4 nitrogen and oxygen atoms in total. The van der Waals surface area contributed by atoms with Crippen LogP contribution >= 0.6 is 0 Å². The van der Waals surface area contributed by atoms with Crippen molar-refractivity contribution in [2.45, 2.75) is 70.8 Å². The van der Waals surface area contributed by atoms with Crippen molar-refractivity contribution in [3.8, 4) is 0 Å². The molecule has 2 aliphatic heterocycles. The summed E-state index contributed by atoms with van der Waals surface area (Å²) in [4.78, 5) is 28.4. The van der Waals surface area contributed by atoms with Crippen LogP contribution < -0.4 is 0 Å². The van der Waals surface area contributed by atoms with Crippen molar-refractivity contribution in [1.82, 2.24) is 9.80 Å². The molecule has 1 atom stereocenters. The molecule has 0 saturated carbocycles. The molecule has 26 heavy (non-hydrogen) atoms. The fourth-order valence-electron chi connectivity index (χ4n) is 4.56. The average Bonchev–Trinajstić information content (AvgIpc) is 3.10. The number of piperidine rings is 1. The quantitative estimate of drug-likeness (QED) is 0.811. The second-order valence-corrected chi connectivity index (χ2v) is 8.81. The van der Waals surface area contributed by atoms with Gasteiger partial charge >= 0.3 is 0 Å². The molecule has 0 N–H and O–H groups in total. The van der Waals surface area contributed by atoms with Gasteiger partial charge in [-0.3, -0.25) is 9.59 Å². The van der Waals surface area contributed by atoms with Crippen molar-refractivity contribution in [1.29, 1.82) is 0 Å². The Hall–Kier alpha value is -1.84. The van der Waals surface area contributed by atoms with Gasteiger partial charge in [0, 0.05) is 26.6 Å². The topological polar surface area (TPSA) is 40.6 Å². The fourth-order valence-corrected chi connectivity index (χ4v) is 4.56. The van der Waals surface area contributed by atoms with E-state index >= 15 is 0 Å². The summed E-state index contributed by atoms with van der Waals surface area (Å²) in [6.07, 6.45) is 3.76. The van der Waals surface area contributed by atoms with Crippen LogP contribution in [0.25, 0.3) is 0 Å². The SMILES string of the molecule is CC(=O)N1CCC[C@H]1C(=O)N1CCC(c2ccccc2C(C)(C)C)CC1. The lowest BCUT2D eigenvalue weighted by molar-refractivity contribution is -0.143. The number of benzene rings is 1. The monoisotopic (exact) mass is 356 g/mol. The maximum Gasteiger partial charge on any atom is 0.245 e. The van der Waals surface area contributed by atoms with Crippen LogP contribution in [0, 0.1) is 0 Å². The van der Waals surface area contributed by atoms with Crippen molar-refractivity contribution in [2.75, 3.05) is 19.6 Å². The molecule has 2 aliphatic rings. The highest BCUT2D eigenvalue weighted by atomic mass is 16.2. The van der Waals surface area contributed by atoms with Gasteiger partial charge in [-0.25, -0.2) is 0 Å². The highest BCUT2D eigenvalue weighted by Crippen LogP contribution is 2.36. The van der Waals surface area contributed by atoms with E-state index in [9.17, 15) is 9.59 Å². The number of likely N-dealkylation sites (tertiary alicyclic amines) is 2. The maximum absolute atomic E-state index is 12.9. The molecule has 0 bridgehead atoms. The van der Waals surface area contributed by atoms with Crippen molar-refractivity contribution in [3.05, 3.63) is 35.4 Å². The van der Waals surface area contributed by atoms with Crippen LogP contribution in [0.5, 0.6) is 0 Å². The summed E-state index contributed by atoms with van der Waals surface area (Å²) in [5, 5.41) is 0. The first-order chi connectivity index (χ1) is 12.3. The molecular weight excluding hydrogens is 324 g/mol. The van der Waals surface area contributed by atoms with Crippen LogP contribution in [0.1, 0.15) is 70.4 Å². The maximum atomic E-state index is 12.9. The van der Waals surface area contributed by atoms with E-state index < -0.39 is 0 Å². The number of amides is 2. The number of rotatable bonds is 2. The van der Waals surface area contributed by atoms with Crippen LogP contribution in [0.2, 0.25) is 0 Å². The van der Waals surface area contributed by atoms with Crippen LogP contribution in [0.15, 0.2) is 24.3 Å². The third-order valence-electron chi connectivity index (χ3n) is 5.96. The number of hydrogen-bond donors (Lipinski definition) is 0. The molecule has 2 heterocycles.